The standard InChI is InChI=1S/C24H30N2O3/c1-17(2)14-22(25-23(27)16-29-21-10-8-18(3)9-11-21)24(28)26-13-12-19-6-4-5-7-20(19)15-26/h4-11,17,22H,12-16H2,1-3H3,(H,25,27)/t22-/m0/s1. The summed E-state index contributed by atoms with van der Waals surface area (Å²) in [5.41, 5.74) is 3.62. The zero-order valence-electron chi connectivity index (χ0n) is 17.5. The number of carbonyl (C=O) groups is 2. The van der Waals surface area contributed by atoms with E-state index in [4.69, 9.17) is 4.74 Å². The molecular weight excluding hydrogens is 364 g/mol. The van der Waals surface area contributed by atoms with Gasteiger partial charge >= 0.3 is 0 Å². The van der Waals surface area contributed by atoms with Crippen LogP contribution in [0.2, 0.25) is 0 Å². The van der Waals surface area contributed by atoms with E-state index in [1.165, 1.54) is 11.1 Å². The molecule has 1 atom stereocenters. The molecule has 1 aliphatic heterocycles. The Morgan fingerprint density at radius 2 is 1.76 bits per heavy atom. The van der Waals surface area contributed by atoms with Crippen molar-refractivity contribution in [2.75, 3.05) is 13.2 Å². The number of rotatable bonds is 7. The largest absolute Gasteiger partial charge is 0.484 e. The van der Waals surface area contributed by atoms with Crippen LogP contribution >= 0.6 is 0 Å². The summed E-state index contributed by atoms with van der Waals surface area (Å²) in [6.45, 7) is 7.28. The Balaban J connectivity index is 1.60. The number of nitrogens with one attached hydrogen (secondary N) is 1. The molecule has 0 fully saturated rings. The molecule has 0 bridgehead atoms. The smallest absolute Gasteiger partial charge is 0.258 e. The number of hydrogen-bond acceptors (Lipinski definition) is 3. The highest BCUT2D eigenvalue weighted by atomic mass is 16.5. The molecule has 0 spiro atoms. The van der Waals surface area contributed by atoms with Crippen molar-refractivity contribution in [3.05, 3.63) is 65.2 Å². The van der Waals surface area contributed by atoms with E-state index in [2.05, 4.69) is 31.3 Å². The van der Waals surface area contributed by atoms with E-state index in [0.29, 0.717) is 31.2 Å². The molecule has 2 aromatic carbocycles. The second kappa shape index (κ2) is 9.59. The maximum Gasteiger partial charge on any atom is 0.258 e. The van der Waals surface area contributed by atoms with Crippen molar-refractivity contribution >= 4 is 11.8 Å². The number of carbonyl (C=O) groups excluding carboxylic acids is 2. The van der Waals surface area contributed by atoms with Crippen LogP contribution in [0.15, 0.2) is 48.5 Å². The van der Waals surface area contributed by atoms with Crippen LogP contribution in [0.3, 0.4) is 0 Å². The Kier molecular flexibility index (Phi) is 6.91. The quantitative estimate of drug-likeness (QED) is 0.782. The molecule has 2 amide bonds. The van der Waals surface area contributed by atoms with Gasteiger partial charge in [0.05, 0.1) is 0 Å². The van der Waals surface area contributed by atoms with Gasteiger partial charge in [0, 0.05) is 13.1 Å². The normalized spacial score (nSPS) is 14.3. The van der Waals surface area contributed by atoms with Crippen molar-refractivity contribution in [2.24, 2.45) is 5.92 Å². The molecule has 2 aromatic rings. The second-order valence-electron chi connectivity index (χ2n) is 8.13. The first kappa shape index (κ1) is 20.9. The van der Waals surface area contributed by atoms with Crippen LogP contribution in [-0.2, 0) is 22.6 Å². The number of fused-ring (bicyclic) bond motifs is 1. The van der Waals surface area contributed by atoms with Crippen LogP contribution in [0, 0.1) is 12.8 Å². The molecule has 0 aromatic heterocycles. The van der Waals surface area contributed by atoms with Crippen LogP contribution in [0.1, 0.15) is 37.0 Å². The van der Waals surface area contributed by atoms with Gasteiger partial charge in [-0.1, -0.05) is 55.8 Å². The van der Waals surface area contributed by atoms with E-state index in [9.17, 15) is 9.59 Å². The van der Waals surface area contributed by atoms with Gasteiger partial charge < -0.3 is 15.0 Å². The van der Waals surface area contributed by atoms with Crippen molar-refractivity contribution in [1.82, 2.24) is 10.2 Å². The summed E-state index contributed by atoms with van der Waals surface area (Å²) in [7, 11) is 0. The fourth-order valence-corrected chi connectivity index (χ4v) is 3.62. The third-order valence-electron chi connectivity index (χ3n) is 5.17. The number of aryl methyl sites for hydroxylation is 1. The summed E-state index contributed by atoms with van der Waals surface area (Å²) in [4.78, 5) is 27.5. The lowest BCUT2D eigenvalue weighted by Gasteiger charge is -2.32. The van der Waals surface area contributed by atoms with E-state index < -0.39 is 6.04 Å². The molecule has 5 nitrogen and oxygen atoms in total. The Bertz CT molecular complexity index is 845. The molecule has 1 aliphatic rings. The first-order valence-electron chi connectivity index (χ1n) is 10.3. The van der Waals surface area contributed by atoms with Crippen LogP contribution in [0.25, 0.3) is 0 Å². The highest BCUT2D eigenvalue weighted by molar-refractivity contribution is 5.88. The monoisotopic (exact) mass is 394 g/mol. The van der Waals surface area contributed by atoms with E-state index in [0.717, 1.165) is 12.0 Å². The Labute approximate surface area is 173 Å². The van der Waals surface area contributed by atoms with Crippen molar-refractivity contribution in [3.8, 4) is 5.75 Å². The molecule has 0 radical (unpaired) electrons. The zero-order valence-corrected chi connectivity index (χ0v) is 17.5. The molecule has 29 heavy (non-hydrogen) atoms. The average Bonchev–Trinajstić information content (AvgIpc) is 2.71. The van der Waals surface area contributed by atoms with E-state index >= 15 is 0 Å². The average molecular weight is 395 g/mol. The second-order valence-corrected chi connectivity index (χ2v) is 8.13. The molecule has 0 saturated carbocycles. The van der Waals surface area contributed by atoms with Gasteiger partial charge in [-0.25, -0.2) is 0 Å². The molecule has 0 unspecified atom stereocenters. The van der Waals surface area contributed by atoms with Crippen LogP contribution in [0.4, 0.5) is 0 Å². The maximum atomic E-state index is 13.2. The molecule has 3 rings (SSSR count). The summed E-state index contributed by atoms with van der Waals surface area (Å²) in [6.07, 6.45) is 1.45. The fourth-order valence-electron chi connectivity index (χ4n) is 3.62. The van der Waals surface area contributed by atoms with Gasteiger partial charge in [-0.2, -0.15) is 0 Å². The van der Waals surface area contributed by atoms with E-state index in [1.54, 1.807) is 0 Å². The maximum absolute atomic E-state index is 13.2. The fraction of sp³-hybridized carbons (Fsp3) is 0.417. The van der Waals surface area contributed by atoms with Crippen LogP contribution < -0.4 is 10.1 Å². The Morgan fingerprint density at radius 1 is 1.07 bits per heavy atom. The number of hydrogen-bond donors (Lipinski definition) is 1. The number of ether oxygens (including phenoxy) is 1. The zero-order chi connectivity index (χ0) is 20.8. The van der Waals surface area contributed by atoms with Gasteiger partial charge in [-0.05, 0) is 48.9 Å². The van der Waals surface area contributed by atoms with Crippen molar-refractivity contribution in [1.29, 1.82) is 0 Å². The molecule has 154 valence electrons. The summed E-state index contributed by atoms with van der Waals surface area (Å²) in [6, 6.07) is 15.2. The van der Waals surface area contributed by atoms with Crippen molar-refractivity contribution in [3.63, 3.8) is 0 Å². The van der Waals surface area contributed by atoms with Crippen molar-refractivity contribution in [2.45, 2.75) is 46.2 Å². The summed E-state index contributed by atoms with van der Waals surface area (Å²) in [5, 5.41) is 2.90. The van der Waals surface area contributed by atoms with Crippen molar-refractivity contribution < 1.29 is 14.3 Å². The van der Waals surface area contributed by atoms with Gasteiger partial charge in [0.2, 0.25) is 5.91 Å². The number of nitrogens with zero attached hydrogens (tertiary/aromatic N) is 1. The summed E-state index contributed by atoms with van der Waals surface area (Å²) >= 11 is 0. The third-order valence-corrected chi connectivity index (χ3v) is 5.17. The first-order valence-corrected chi connectivity index (χ1v) is 10.3. The number of amides is 2. The highest BCUT2D eigenvalue weighted by Gasteiger charge is 2.29. The minimum atomic E-state index is -0.533. The van der Waals surface area contributed by atoms with E-state index in [-0.39, 0.29) is 18.4 Å². The lowest BCUT2D eigenvalue weighted by Crippen LogP contribution is -2.51. The Morgan fingerprint density at radius 3 is 2.45 bits per heavy atom. The minimum Gasteiger partial charge on any atom is -0.484 e. The van der Waals surface area contributed by atoms with Crippen LogP contribution in [-0.4, -0.2) is 35.9 Å². The molecule has 5 heteroatoms. The van der Waals surface area contributed by atoms with Crippen LogP contribution in [0.5, 0.6) is 5.75 Å². The van der Waals surface area contributed by atoms with Gasteiger partial charge in [0.25, 0.3) is 5.91 Å². The molecule has 0 saturated heterocycles. The van der Waals surface area contributed by atoms with Gasteiger partial charge in [0.1, 0.15) is 11.8 Å². The summed E-state index contributed by atoms with van der Waals surface area (Å²) < 4.78 is 5.56. The molecule has 1 heterocycles. The molecule has 1 N–H and O–H groups in total. The first-order chi connectivity index (χ1) is 13.9. The lowest BCUT2D eigenvalue weighted by atomic mass is 9.97. The number of benzene rings is 2. The molecular formula is C24H30N2O3. The Hall–Kier alpha value is -2.82. The van der Waals surface area contributed by atoms with Gasteiger partial charge in [-0.15, -0.1) is 0 Å². The predicted octanol–water partition coefficient (Wildman–Crippen LogP) is 3.49. The minimum absolute atomic E-state index is 0.0168. The SMILES string of the molecule is Cc1ccc(OCC(=O)N[C@@H](CC(C)C)C(=O)N2CCc3ccccc3C2)cc1. The van der Waals surface area contributed by atoms with Gasteiger partial charge in [-0.3, -0.25) is 9.59 Å². The van der Waals surface area contributed by atoms with Gasteiger partial charge in [0.15, 0.2) is 6.61 Å². The topological polar surface area (TPSA) is 58.6 Å². The highest BCUT2D eigenvalue weighted by Crippen LogP contribution is 2.20. The molecule has 0 aliphatic carbocycles. The lowest BCUT2D eigenvalue weighted by molar-refractivity contribution is -0.138. The predicted molar refractivity (Wildman–Crippen MR) is 114 cm³/mol. The third kappa shape index (κ3) is 5.83. The van der Waals surface area contributed by atoms with E-state index in [1.807, 2.05) is 48.2 Å². The summed E-state index contributed by atoms with van der Waals surface area (Å²) in [5.74, 6) is 0.642.